The van der Waals surface area contributed by atoms with Crippen molar-refractivity contribution in [3.63, 3.8) is 0 Å². The maximum atomic E-state index is 12.1. The highest BCUT2D eigenvalue weighted by atomic mass is 16.1. The van der Waals surface area contributed by atoms with Crippen LogP contribution < -0.4 is 10.6 Å². The second-order valence-electron chi connectivity index (χ2n) is 4.40. The van der Waals surface area contributed by atoms with Gasteiger partial charge in [0.25, 0.3) is 5.91 Å². The predicted molar refractivity (Wildman–Crippen MR) is 77.6 cm³/mol. The highest BCUT2D eigenvalue weighted by Crippen LogP contribution is 2.13. The topological polar surface area (TPSA) is 71.8 Å². The van der Waals surface area contributed by atoms with Gasteiger partial charge < -0.3 is 15.2 Å². The molecule has 0 aliphatic rings. The summed E-state index contributed by atoms with van der Waals surface area (Å²) in [6.45, 7) is 4.17. The molecule has 2 aromatic heterocycles. The normalized spacial score (nSPS) is 10.2. The number of nitrogens with one attached hydrogen (secondary N) is 2. The van der Waals surface area contributed by atoms with Crippen LogP contribution in [0.1, 0.15) is 23.7 Å². The van der Waals surface area contributed by atoms with Crippen molar-refractivity contribution in [1.82, 2.24) is 19.9 Å². The second kappa shape index (κ2) is 7.28. The SMILES string of the molecule is CCCNc1ccncc1C(=O)NCCn1ccnc1. The van der Waals surface area contributed by atoms with Gasteiger partial charge in [0.15, 0.2) is 0 Å². The monoisotopic (exact) mass is 273 g/mol. The smallest absolute Gasteiger partial charge is 0.255 e. The van der Waals surface area contributed by atoms with E-state index in [0.29, 0.717) is 18.7 Å². The van der Waals surface area contributed by atoms with Gasteiger partial charge in [-0.3, -0.25) is 9.78 Å². The Labute approximate surface area is 118 Å². The van der Waals surface area contributed by atoms with E-state index >= 15 is 0 Å². The lowest BCUT2D eigenvalue weighted by molar-refractivity contribution is 0.0952. The lowest BCUT2D eigenvalue weighted by Crippen LogP contribution is -2.28. The lowest BCUT2D eigenvalue weighted by Gasteiger charge is -2.11. The van der Waals surface area contributed by atoms with Gasteiger partial charge in [0.1, 0.15) is 0 Å². The highest BCUT2D eigenvalue weighted by Gasteiger charge is 2.10. The molecule has 2 rings (SSSR count). The number of pyridine rings is 1. The lowest BCUT2D eigenvalue weighted by atomic mass is 10.2. The fraction of sp³-hybridized carbons (Fsp3) is 0.357. The molecule has 0 aliphatic heterocycles. The van der Waals surface area contributed by atoms with Crippen molar-refractivity contribution in [3.05, 3.63) is 42.7 Å². The van der Waals surface area contributed by atoms with E-state index in [9.17, 15) is 4.79 Å². The minimum absolute atomic E-state index is 0.114. The Bertz CT molecular complexity index is 538. The molecule has 2 N–H and O–H groups in total. The van der Waals surface area contributed by atoms with Crippen LogP contribution in [0.25, 0.3) is 0 Å². The molecule has 6 nitrogen and oxygen atoms in total. The van der Waals surface area contributed by atoms with Crippen molar-refractivity contribution in [2.75, 3.05) is 18.4 Å². The van der Waals surface area contributed by atoms with E-state index in [-0.39, 0.29) is 5.91 Å². The maximum absolute atomic E-state index is 12.1. The van der Waals surface area contributed by atoms with Gasteiger partial charge in [0.05, 0.1) is 17.6 Å². The summed E-state index contributed by atoms with van der Waals surface area (Å²) in [4.78, 5) is 20.1. The third-order valence-corrected chi connectivity index (χ3v) is 2.85. The molecule has 0 saturated carbocycles. The van der Waals surface area contributed by atoms with E-state index in [1.165, 1.54) is 0 Å². The van der Waals surface area contributed by atoms with Gasteiger partial charge in [0.2, 0.25) is 0 Å². The van der Waals surface area contributed by atoms with Crippen LogP contribution in [0.5, 0.6) is 0 Å². The molecular formula is C14H19N5O. The summed E-state index contributed by atoms with van der Waals surface area (Å²) in [5, 5.41) is 6.12. The molecule has 0 saturated heterocycles. The second-order valence-corrected chi connectivity index (χ2v) is 4.40. The minimum Gasteiger partial charge on any atom is -0.384 e. The van der Waals surface area contributed by atoms with Crippen molar-refractivity contribution in [2.24, 2.45) is 0 Å². The van der Waals surface area contributed by atoms with Crippen molar-refractivity contribution < 1.29 is 4.79 Å². The van der Waals surface area contributed by atoms with E-state index in [4.69, 9.17) is 0 Å². The average molecular weight is 273 g/mol. The highest BCUT2D eigenvalue weighted by molar-refractivity contribution is 5.99. The number of rotatable bonds is 7. The Morgan fingerprint density at radius 2 is 2.20 bits per heavy atom. The molecule has 0 atom stereocenters. The number of hydrogen-bond acceptors (Lipinski definition) is 4. The van der Waals surface area contributed by atoms with Crippen molar-refractivity contribution in [3.8, 4) is 0 Å². The Balaban J connectivity index is 1.91. The number of hydrogen-bond donors (Lipinski definition) is 2. The van der Waals surface area contributed by atoms with Crippen LogP contribution in [0.4, 0.5) is 5.69 Å². The number of nitrogens with zero attached hydrogens (tertiary/aromatic N) is 3. The summed E-state index contributed by atoms with van der Waals surface area (Å²) in [6, 6.07) is 1.82. The summed E-state index contributed by atoms with van der Waals surface area (Å²) < 4.78 is 1.92. The molecule has 0 unspecified atom stereocenters. The van der Waals surface area contributed by atoms with E-state index in [1.54, 1.807) is 24.9 Å². The minimum atomic E-state index is -0.114. The molecule has 0 fully saturated rings. The third-order valence-electron chi connectivity index (χ3n) is 2.85. The molecule has 106 valence electrons. The molecule has 0 aliphatic carbocycles. The van der Waals surface area contributed by atoms with Gasteiger partial charge >= 0.3 is 0 Å². The summed E-state index contributed by atoms with van der Waals surface area (Å²) in [6.07, 6.45) is 9.58. The fourth-order valence-electron chi connectivity index (χ4n) is 1.80. The van der Waals surface area contributed by atoms with Crippen LogP contribution in [0.3, 0.4) is 0 Å². The van der Waals surface area contributed by atoms with Crippen LogP contribution in [0.15, 0.2) is 37.2 Å². The van der Waals surface area contributed by atoms with E-state index < -0.39 is 0 Å². The van der Waals surface area contributed by atoms with Gasteiger partial charge in [-0.15, -0.1) is 0 Å². The summed E-state index contributed by atoms with van der Waals surface area (Å²) in [5.74, 6) is -0.114. The largest absolute Gasteiger partial charge is 0.384 e. The zero-order valence-corrected chi connectivity index (χ0v) is 11.5. The Morgan fingerprint density at radius 3 is 2.95 bits per heavy atom. The molecule has 0 spiro atoms. The maximum Gasteiger partial charge on any atom is 0.255 e. The Kier molecular flexibility index (Phi) is 5.11. The first-order valence-electron chi connectivity index (χ1n) is 6.73. The van der Waals surface area contributed by atoms with Gasteiger partial charge in [-0.25, -0.2) is 4.98 Å². The quantitative estimate of drug-likeness (QED) is 0.802. The van der Waals surface area contributed by atoms with Crippen molar-refractivity contribution in [1.29, 1.82) is 0 Å². The van der Waals surface area contributed by atoms with E-state index in [1.807, 2.05) is 16.8 Å². The average Bonchev–Trinajstić information content (AvgIpc) is 2.98. The number of carbonyl (C=O) groups is 1. The van der Waals surface area contributed by atoms with Gasteiger partial charge in [-0.05, 0) is 12.5 Å². The molecule has 0 radical (unpaired) electrons. The van der Waals surface area contributed by atoms with Crippen molar-refractivity contribution >= 4 is 11.6 Å². The summed E-state index contributed by atoms with van der Waals surface area (Å²) in [5.41, 5.74) is 1.40. The number of anilines is 1. The number of aromatic nitrogens is 3. The molecule has 2 aromatic rings. The molecule has 2 heterocycles. The molecule has 0 bridgehead atoms. The molecule has 20 heavy (non-hydrogen) atoms. The van der Waals surface area contributed by atoms with E-state index in [0.717, 1.165) is 18.7 Å². The third kappa shape index (κ3) is 3.81. The number of amides is 1. The van der Waals surface area contributed by atoms with E-state index in [2.05, 4.69) is 27.5 Å². The van der Waals surface area contributed by atoms with Crippen LogP contribution in [0.2, 0.25) is 0 Å². The standard InChI is InChI=1S/C14H19N5O/c1-2-4-17-13-3-5-15-10-12(13)14(20)18-7-9-19-8-6-16-11-19/h3,5-6,8,10-11H,2,4,7,9H2,1H3,(H,15,17)(H,18,20). The first-order valence-corrected chi connectivity index (χ1v) is 6.73. The van der Waals surface area contributed by atoms with Crippen LogP contribution in [0, 0.1) is 0 Å². The van der Waals surface area contributed by atoms with Crippen LogP contribution in [-0.2, 0) is 6.54 Å². The summed E-state index contributed by atoms with van der Waals surface area (Å²) in [7, 11) is 0. The fourth-order valence-corrected chi connectivity index (χ4v) is 1.80. The summed E-state index contributed by atoms with van der Waals surface area (Å²) >= 11 is 0. The zero-order valence-electron chi connectivity index (χ0n) is 11.5. The molecular weight excluding hydrogens is 254 g/mol. The van der Waals surface area contributed by atoms with Crippen molar-refractivity contribution in [2.45, 2.75) is 19.9 Å². The Morgan fingerprint density at radius 1 is 1.30 bits per heavy atom. The predicted octanol–water partition coefficient (Wildman–Crippen LogP) is 1.53. The van der Waals surface area contributed by atoms with Gasteiger partial charge in [-0.1, -0.05) is 6.92 Å². The van der Waals surface area contributed by atoms with Gasteiger partial charge in [-0.2, -0.15) is 0 Å². The Hall–Kier alpha value is -2.37. The molecule has 6 heteroatoms. The van der Waals surface area contributed by atoms with Crippen LogP contribution >= 0.6 is 0 Å². The number of imidazole rings is 1. The molecule has 0 aromatic carbocycles. The first-order chi connectivity index (χ1) is 9.81. The molecule has 1 amide bonds. The zero-order chi connectivity index (χ0) is 14.2. The number of carbonyl (C=O) groups excluding carboxylic acids is 1. The van der Waals surface area contributed by atoms with Gasteiger partial charge in [0, 0.05) is 44.4 Å². The van der Waals surface area contributed by atoms with Crippen LogP contribution in [-0.4, -0.2) is 33.5 Å². The first kappa shape index (κ1) is 14.0.